The summed E-state index contributed by atoms with van der Waals surface area (Å²) < 4.78 is 5.53. The molecule has 0 saturated heterocycles. The van der Waals surface area contributed by atoms with Crippen LogP contribution < -0.4 is 0 Å². The van der Waals surface area contributed by atoms with Crippen LogP contribution in [0.1, 0.15) is 12.7 Å². The average molecular weight is 282 g/mol. The molecule has 0 bridgehead atoms. The van der Waals surface area contributed by atoms with E-state index in [1.54, 1.807) is 19.1 Å². The van der Waals surface area contributed by atoms with Gasteiger partial charge in [-0.05, 0) is 25.1 Å². The van der Waals surface area contributed by atoms with Crippen LogP contribution in [-0.2, 0) is 6.42 Å². The molecule has 0 fully saturated rings. The first-order chi connectivity index (χ1) is 8.97. The highest BCUT2D eigenvalue weighted by Gasteiger charge is 2.14. The molecule has 100 valence electrons. The number of halogens is 1. The van der Waals surface area contributed by atoms with Gasteiger partial charge in [-0.25, -0.2) is 0 Å². The molecule has 1 N–H and O–H groups in total. The van der Waals surface area contributed by atoms with Gasteiger partial charge in [0.2, 0.25) is 0 Å². The number of hydrogen-bond acceptors (Lipinski definition) is 4. The Bertz CT molecular complexity index is 606. The smallest absolute Gasteiger partial charge is 0.270 e. The number of nitro groups is 1. The fraction of sp³-hybridized carbons (Fsp3) is 0.231. The highest BCUT2D eigenvalue weighted by molar-refractivity contribution is 6.33. The van der Waals surface area contributed by atoms with Gasteiger partial charge in [0, 0.05) is 24.1 Å². The summed E-state index contributed by atoms with van der Waals surface area (Å²) in [7, 11) is 0. The summed E-state index contributed by atoms with van der Waals surface area (Å²) in [6, 6.07) is 7.57. The van der Waals surface area contributed by atoms with Crippen LogP contribution in [0.15, 0.2) is 34.7 Å². The van der Waals surface area contributed by atoms with Gasteiger partial charge < -0.3 is 9.52 Å². The zero-order chi connectivity index (χ0) is 14.0. The van der Waals surface area contributed by atoms with Crippen molar-refractivity contribution in [1.82, 2.24) is 0 Å². The van der Waals surface area contributed by atoms with Gasteiger partial charge in [-0.15, -0.1) is 0 Å². The van der Waals surface area contributed by atoms with Crippen LogP contribution in [0.2, 0.25) is 5.02 Å². The number of nitro benzene ring substituents is 1. The SMILES string of the molecule is CC(O)Cc1ccc(-c2cc([N+](=O)[O-])ccc2Cl)o1. The van der Waals surface area contributed by atoms with E-state index in [2.05, 4.69) is 0 Å². The first-order valence-electron chi connectivity index (χ1n) is 5.68. The molecular weight excluding hydrogens is 270 g/mol. The Morgan fingerprint density at radius 1 is 1.42 bits per heavy atom. The topological polar surface area (TPSA) is 76.5 Å². The van der Waals surface area contributed by atoms with Gasteiger partial charge in [-0.2, -0.15) is 0 Å². The van der Waals surface area contributed by atoms with Gasteiger partial charge in [-0.3, -0.25) is 10.1 Å². The van der Waals surface area contributed by atoms with Crippen LogP contribution in [-0.4, -0.2) is 16.1 Å². The van der Waals surface area contributed by atoms with Crippen LogP contribution in [0.5, 0.6) is 0 Å². The molecule has 5 nitrogen and oxygen atoms in total. The number of aliphatic hydroxyl groups is 1. The molecule has 0 spiro atoms. The van der Waals surface area contributed by atoms with E-state index in [4.69, 9.17) is 16.0 Å². The van der Waals surface area contributed by atoms with Crippen LogP contribution in [0.4, 0.5) is 5.69 Å². The highest BCUT2D eigenvalue weighted by atomic mass is 35.5. The Kier molecular flexibility index (Phi) is 3.87. The normalized spacial score (nSPS) is 12.4. The highest BCUT2D eigenvalue weighted by Crippen LogP contribution is 2.32. The van der Waals surface area contributed by atoms with Crippen molar-refractivity contribution in [2.45, 2.75) is 19.4 Å². The zero-order valence-corrected chi connectivity index (χ0v) is 10.9. The average Bonchev–Trinajstić information content (AvgIpc) is 2.76. The van der Waals surface area contributed by atoms with Gasteiger partial charge >= 0.3 is 0 Å². The maximum absolute atomic E-state index is 10.7. The van der Waals surface area contributed by atoms with E-state index >= 15 is 0 Å². The minimum absolute atomic E-state index is 0.0483. The summed E-state index contributed by atoms with van der Waals surface area (Å²) in [5, 5.41) is 20.4. The summed E-state index contributed by atoms with van der Waals surface area (Å²) in [5.74, 6) is 1.05. The molecule has 2 rings (SSSR count). The molecule has 0 saturated carbocycles. The fourth-order valence-electron chi connectivity index (χ4n) is 1.74. The van der Waals surface area contributed by atoms with E-state index in [0.717, 1.165) is 0 Å². The van der Waals surface area contributed by atoms with E-state index in [9.17, 15) is 15.2 Å². The quantitative estimate of drug-likeness (QED) is 0.688. The van der Waals surface area contributed by atoms with E-state index < -0.39 is 11.0 Å². The van der Waals surface area contributed by atoms with Gasteiger partial charge in [0.15, 0.2) is 0 Å². The molecule has 0 aliphatic carbocycles. The number of furan rings is 1. The Labute approximate surface area is 114 Å². The fourth-order valence-corrected chi connectivity index (χ4v) is 1.95. The Balaban J connectivity index is 2.38. The van der Waals surface area contributed by atoms with Crippen LogP contribution in [0.25, 0.3) is 11.3 Å². The molecule has 6 heteroatoms. The summed E-state index contributed by atoms with van der Waals surface area (Å²) >= 11 is 6.02. The number of benzene rings is 1. The number of non-ortho nitro benzene ring substituents is 1. The minimum atomic E-state index is -0.514. The predicted octanol–water partition coefficient (Wildman–Crippen LogP) is 3.43. The van der Waals surface area contributed by atoms with E-state index in [0.29, 0.717) is 28.5 Å². The summed E-state index contributed by atoms with van der Waals surface area (Å²) in [4.78, 5) is 10.3. The first kappa shape index (κ1) is 13.6. The molecule has 0 radical (unpaired) electrons. The van der Waals surface area contributed by atoms with Crippen molar-refractivity contribution in [3.63, 3.8) is 0 Å². The summed E-state index contributed by atoms with van der Waals surface area (Å²) in [5.41, 5.74) is 0.417. The van der Waals surface area contributed by atoms with Crippen molar-refractivity contribution in [3.8, 4) is 11.3 Å². The second-order valence-electron chi connectivity index (χ2n) is 4.24. The molecule has 1 aromatic heterocycles. The zero-order valence-electron chi connectivity index (χ0n) is 10.2. The lowest BCUT2D eigenvalue weighted by atomic mass is 10.1. The van der Waals surface area contributed by atoms with Crippen molar-refractivity contribution in [1.29, 1.82) is 0 Å². The van der Waals surface area contributed by atoms with E-state index in [1.807, 2.05) is 0 Å². The van der Waals surface area contributed by atoms with Crippen LogP contribution in [0.3, 0.4) is 0 Å². The van der Waals surface area contributed by atoms with E-state index in [-0.39, 0.29) is 5.69 Å². The molecule has 1 atom stereocenters. The third-order valence-electron chi connectivity index (χ3n) is 2.58. The Morgan fingerprint density at radius 3 is 2.79 bits per heavy atom. The summed E-state index contributed by atoms with van der Waals surface area (Å²) in [6.45, 7) is 1.66. The molecule has 1 aromatic carbocycles. The minimum Gasteiger partial charge on any atom is -0.461 e. The number of nitrogens with zero attached hydrogens (tertiary/aromatic N) is 1. The van der Waals surface area contributed by atoms with Crippen molar-refractivity contribution >= 4 is 17.3 Å². The molecule has 0 aliphatic rings. The van der Waals surface area contributed by atoms with Crippen LogP contribution in [0, 0.1) is 10.1 Å². The van der Waals surface area contributed by atoms with Gasteiger partial charge in [0.05, 0.1) is 16.0 Å². The second-order valence-corrected chi connectivity index (χ2v) is 4.65. The van der Waals surface area contributed by atoms with Gasteiger partial charge in [0.1, 0.15) is 11.5 Å². The summed E-state index contributed by atoms with van der Waals surface area (Å²) in [6.07, 6.45) is -0.133. The van der Waals surface area contributed by atoms with Crippen molar-refractivity contribution < 1.29 is 14.4 Å². The number of hydrogen-bond donors (Lipinski definition) is 1. The van der Waals surface area contributed by atoms with Crippen molar-refractivity contribution in [3.05, 3.63) is 51.2 Å². The molecule has 1 unspecified atom stereocenters. The monoisotopic (exact) mass is 281 g/mol. The molecule has 1 heterocycles. The molecule has 0 aliphatic heterocycles. The van der Waals surface area contributed by atoms with Gasteiger partial charge in [-0.1, -0.05) is 11.6 Å². The standard InChI is InChI=1S/C13H12ClNO4/c1-8(16)6-10-3-5-13(19-10)11-7-9(15(17)18)2-4-12(11)14/h2-5,7-8,16H,6H2,1H3. The molecular formula is C13H12ClNO4. The maximum atomic E-state index is 10.7. The predicted molar refractivity (Wildman–Crippen MR) is 71.2 cm³/mol. The number of aliphatic hydroxyl groups excluding tert-OH is 1. The Hall–Kier alpha value is -1.85. The van der Waals surface area contributed by atoms with Gasteiger partial charge in [0.25, 0.3) is 5.69 Å². The lowest BCUT2D eigenvalue weighted by molar-refractivity contribution is -0.384. The lowest BCUT2D eigenvalue weighted by Crippen LogP contribution is -2.02. The van der Waals surface area contributed by atoms with Crippen molar-refractivity contribution in [2.75, 3.05) is 0 Å². The van der Waals surface area contributed by atoms with Crippen molar-refractivity contribution in [2.24, 2.45) is 0 Å². The third kappa shape index (κ3) is 3.13. The second kappa shape index (κ2) is 5.42. The maximum Gasteiger partial charge on any atom is 0.270 e. The Morgan fingerprint density at radius 2 is 2.16 bits per heavy atom. The largest absolute Gasteiger partial charge is 0.461 e. The first-order valence-corrected chi connectivity index (χ1v) is 6.06. The molecule has 19 heavy (non-hydrogen) atoms. The molecule has 2 aromatic rings. The third-order valence-corrected chi connectivity index (χ3v) is 2.91. The lowest BCUT2D eigenvalue weighted by Gasteiger charge is -2.02. The molecule has 0 amide bonds. The number of rotatable bonds is 4. The van der Waals surface area contributed by atoms with E-state index in [1.165, 1.54) is 18.2 Å². The van der Waals surface area contributed by atoms with Crippen LogP contribution >= 0.6 is 11.6 Å².